The molecule has 0 radical (unpaired) electrons. The molecule has 2 rings (SSSR count). The Kier molecular flexibility index (Phi) is 5.28. The maximum Gasteiger partial charge on any atom is 0.319 e. The summed E-state index contributed by atoms with van der Waals surface area (Å²) in [5.41, 5.74) is 7.55. The van der Waals surface area contributed by atoms with Crippen molar-refractivity contribution in [2.45, 2.75) is 25.8 Å². The molecule has 0 spiro atoms. The molecule has 5 N–H and O–H groups in total. The predicted octanol–water partition coefficient (Wildman–Crippen LogP) is 1.58. The van der Waals surface area contributed by atoms with Gasteiger partial charge in [-0.3, -0.25) is 5.10 Å². The molecule has 0 aliphatic carbocycles. The Morgan fingerprint density at radius 1 is 1.38 bits per heavy atom. The fourth-order valence-electron chi connectivity index (χ4n) is 1.85. The van der Waals surface area contributed by atoms with E-state index in [1.165, 1.54) is 6.33 Å². The Balaban J connectivity index is 1.69. The molecule has 7 heteroatoms. The van der Waals surface area contributed by atoms with Gasteiger partial charge < -0.3 is 16.4 Å². The zero-order valence-corrected chi connectivity index (χ0v) is 12.0. The van der Waals surface area contributed by atoms with Gasteiger partial charge in [0.05, 0.1) is 0 Å². The lowest BCUT2D eigenvalue weighted by molar-refractivity contribution is 0.252. The molecule has 2 aromatic rings. The molecule has 112 valence electrons. The lowest BCUT2D eigenvalue weighted by Crippen LogP contribution is -2.29. The average molecular weight is 288 g/mol. The molecule has 1 heterocycles. The SMILES string of the molecule is CC(N)c1ccc(NC(=O)NCCCc2ncn[nH]2)cc1. The van der Waals surface area contributed by atoms with Gasteiger partial charge in [0.1, 0.15) is 12.2 Å². The third-order valence-electron chi connectivity index (χ3n) is 3.04. The molecule has 0 aliphatic heterocycles. The van der Waals surface area contributed by atoms with Gasteiger partial charge in [-0.15, -0.1) is 0 Å². The number of hydrogen-bond acceptors (Lipinski definition) is 4. The normalized spacial score (nSPS) is 11.9. The van der Waals surface area contributed by atoms with Crippen molar-refractivity contribution in [3.63, 3.8) is 0 Å². The van der Waals surface area contributed by atoms with Gasteiger partial charge in [-0.05, 0) is 31.0 Å². The van der Waals surface area contributed by atoms with Crippen molar-refractivity contribution >= 4 is 11.7 Å². The molecule has 1 unspecified atom stereocenters. The number of anilines is 1. The van der Waals surface area contributed by atoms with Gasteiger partial charge in [0.25, 0.3) is 0 Å². The highest BCUT2D eigenvalue weighted by molar-refractivity contribution is 5.89. The van der Waals surface area contributed by atoms with E-state index >= 15 is 0 Å². The zero-order chi connectivity index (χ0) is 15.1. The van der Waals surface area contributed by atoms with Crippen molar-refractivity contribution in [1.29, 1.82) is 0 Å². The number of aromatic amines is 1. The molecule has 0 bridgehead atoms. The van der Waals surface area contributed by atoms with Crippen LogP contribution in [0, 0.1) is 0 Å². The summed E-state index contributed by atoms with van der Waals surface area (Å²) in [6, 6.07) is 7.26. The van der Waals surface area contributed by atoms with Crippen LogP contribution in [-0.2, 0) is 6.42 Å². The first-order chi connectivity index (χ1) is 10.1. The zero-order valence-electron chi connectivity index (χ0n) is 12.0. The molecule has 0 aliphatic rings. The molecule has 21 heavy (non-hydrogen) atoms. The summed E-state index contributed by atoms with van der Waals surface area (Å²) in [6.07, 6.45) is 3.02. The summed E-state index contributed by atoms with van der Waals surface area (Å²) in [4.78, 5) is 15.7. The molecular formula is C14H20N6O. The van der Waals surface area contributed by atoms with Gasteiger partial charge >= 0.3 is 6.03 Å². The van der Waals surface area contributed by atoms with E-state index in [9.17, 15) is 4.79 Å². The molecule has 0 saturated heterocycles. The number of nitrogens with one attached hydrogen (secondary N) is 3. The number of benzene rings is 1. The molecule has 1 aromatic heterocycles. The van der Waals surface area contributed by atoms with Crippen LogP contribution in [0.3, 0.4) is 0 Å². The van der Waals surface area contributed by atoms with E-state index in [-0.39, 0.29) is 12.1 Å². The average Bonchev–Trinajstić information content (AvgIpc) is 2.97. The number of nitrogens with two attached hydrogens (primary N) is 1. The van der Waals surface area contributed by atoms with Gasteiger partial charge in [-0.25, -0.2) is 9.78 Å². The summed E-state index contributed by atoms with van der Waals surface area (Å²) in [5.74, 6) is 0.823. The Hall–Kier alpha value is -2.41. The number of H-pyrrole nitrogens is 1. The van der Waals surface area contributed by atoms with Crippen molar-refractivity contribution in [2.75, 3.05) is 11.9 Å². The Morgan fingerprint density at radius 2 is 2.14 bits per heavy atom. The highest BCUT2D eigenvalue weighted by Gasteiger charge is 2.03. The first-order valence-corrected chi connectivity index (χ1v) is 6.90. The van der Waals surface area contributed by atoms with Crippen molar-refractivity contribution in [3.05, 3.63) is 42.0 Å². The van der Waals surface area contributed by atoms with Crippen LogP contribution in [-0.4, -0.2) is 27.8 Å². The number of rotatable bonds is 6. The summed E-state index contributed by atoms with van der Waals surface area (Å²) >= 11 is 0. The van der Waals surface area contributed by atoms with Crippen molar-refractivity contribution in [3.8, 4) is 0 Å². The van der Waals surface area contributed by atoms with Crippen LogP contribution >= 0.6 is 0 Å². The number of aryl methyl sites for hydroxylation is 1. The number of amides is 2. The lowest BCUT2D eigenvalue weighted by Gasteiger charge is -2.09. The molecule has 7 nitrogen and oxygen atoms in total. The van der Waals surface area contributed by atoms with Gasteiger partial charge in [0.2, 0.25) is 0 Å². The number of aromatic nitrogens is 3. The molecule has 1 aromatic carbocycles. The summed E-state index contributed by atoms with van der Waals surface area (Å²) in [7, 11) is 0. The quantitative estimate of drug-likeness (QED) is 0.605. The van der Waals surface area contributed by atoms with Crippen molar-refractivity contribution in [2.24, 2.45) is 5.73 Å². The second-order valence-corrected chi connectivity index (χ2v) is 4.83. The van der Waals surface area contributed by atoms with Crippen LogP contribution in [0.1, 0.15) is 30.8 Å². The van der Waals surface area contributed by atoms with Crippen LogP contribution in [0.25, 0.3) is 0 Å². The summed E-state index contributed by atoms with van der Waals surface area (Å²) in [6.45, 7) is 2.49. The minimum absolute atomic E-state index is 0.0102. The van der Waals surface area contributed by atoms with E-state index in [2.05, 4.69) is 25.8 Å². The van der Waals surface area contributed by atoms with Crippen LogP contribution in [0.15, 0.2) is 30.6 Å². The Labute approximate surface area is 123 Å². The van der Waals surface area contributed by atoms with Gasteiger partial charge in [0, 0.05) is 24.7 Å². The van der Waals surface area contributed by atoms with E-state index < -0.39 is 0 Å². The molecule has 0 fully saturated rings. The predicted molar refractivity (Wildman–Crippen MR) is 80.8 cm³/mol. The number of carbonyl (C=O) groups is 1. The maximum atomic E-state index is 11.7. The molecule has 1 atom stereocenters. The lowest BCUT2D eigenvalue weighted by atomic mass is 10.1. The van der Waals surface area contributed by atoms with Crippen LogP contribution in [0.4, 0.5) is 10.5 Å². The smallest absolute Gasteiger partial charge is 0.319 e. The van der Waals surface area contributed by atoms with Crippen molar-refractivity contribution in [1.82, 2.24) is 20.5 Å². The Bertz CT molecular complexity index is 549. The van der Waals surface area contributed by atoms with E-state index in [1.54, 1.807) is 0 Å². The van der Waals surface area contributed by atoms with E-state index in [0.29, 0.717) is 6.54 Å². The number of hydrogen-bond donors (Lipinski definition) is 4. The maximum absolute atomic E-state index is 11.7. The number of carbonyl (C=O) groups excluding carboxylic acids is 1. The topological polar surface area (TPSA) is 109 Å². The highest BCUT2D eigenvalue weighted by Crippen LogP contribution is 2.13. The highest BCUT2D eigenvalue weighted by atomic mass is 16.2. The second kappa shape index (κ2) is 7.39. The first kappa shape index (κ1) is 15.0. The van der Waals surface area contributed by atoms with Crippen LogP contribution in [0.5, 0.6) is 0 Å². The fraction of sp³-hybridized carbons (Fsp3) is 0.357. The molecule has 0 saturated carbocycles. The third-order valence-corrected chi connectivity index (χ3v) is 3.04. The van der Waals surface area contributed by atoms with Crippen molar-refractivity contribution < 1.29 is 4.79 Å². The minimum atomic E-state index is -0.221. The summed E-state index contributed by atoms with van der Waals surface area (Å²) < 4.78 is 0. The summed E-state index contributed by atoms with van der Waals surface area (Å²) in [5, 5.41) is 12.1. The molecular weight excluding hydrogens is 268 g/mol. The van der Waals surface area contributed by atoms with Gasteiger partial charge in [-0.2, -0.15) is 5.10 Å². The molecule has 2 amide bonds. The second-order valence-electron chi connectivity index (χ2n) is 4.83. The van der Waals surface area contributed by atoms with E-state index in [4.69, 9.17) is 5.73 Å². The van der Waals surface area contributed by atoms with E-state index in [0.717, 1.165) is 29.9 Å². The third kappa shape index (κ3) is 4.88. The Morgan fingerprint density at radius 3 is 2.76 bits per heavy atom. The number of urea groups is 1. The monoisotopic (exact) mass is 288 g/mol. The minimum Gasteiger partial charge on any atom is -0.338 e. The van der Waals surface area contributed by atoms with Gasteiger partial charge in [0.15, 0.2) is 0 Å². The van der Waals surface area contributed by atoms with Gasteiger partial charge in [-0.1, -0.05) is 12.1 Å². The largest absolute Gasteiger partial charge is 0.338 e. The standard InChI is InChI=1S/C14H20N6O/c1-10(15)11-4-6-12(7-5-11)19-14(21)16-8-2-3-13-17-9-18-20-13/h4-7,9-10H,2-3,8,15H2,1H3,(H2,16,19,21)(H,17,18,20). The fourth-order valence-corrected chi connectivity index (χ4v) is 1.85. The number of nitrogens with zero attached hydrogens (tertiary/aromatic N) is 2. The van der Waals surface area contributed by atoms with Crippen LogP contribution < -0.4 is 16.4 Å². The van der Waals surface area contributed by atoms with Crippen LogP contribution in [0.2, 0.25) is 0 Å². The first-order valence-electron chi connectivity index (χ1n) is 6.90. The van der Waals surface area contributed by atoms with E-state index in [1.807, 2.05) is 31.2 Å².